The summed E-state index contributed by atoms with van der Waals surface area (Å²) in [6, 6.07) is 0. The number of aromatic nitrogens is 2. The molecule has 1 heterocycles. The van der Waals surface area contributed by atoms with Crippen molar-refractivity contribution in [2.45, 2.75) is 51.8 Å². The second-order valence-electron chi connectivity index (χ2n) is 4.89. The molecule has 0 saturated carbocycles. The number of hydrogen-bond donors (Lipinski definition) is 1. The predicted molar refractivity (Wildman–Crippen MR) is 85.8 cm³/mol. The molecule has 1 aromatic heterocycles. The van der Waals surface area contributed by atoms with Crippen LogP contribution >= 0.6 is 11.8 Å². The largest absolute Gasteiger partial charge is 0.453 e. The number of hydrogen-bond acceptors (Lipinski definition) is 6. The van der Waals surface area contributed by atoms with Gasteiger partial charge in [-0.1, -0.05) is 11.8 Å². The highest BCUT2D eigenvalue weighted by atomic mass is 32.2. The fraction of sp³-hybridized carbons (Fsp3) is 0.600. The van der Waals surface area contributed by atoms with E-state index in [-0.39, 0.29) is 12.3 Å². The lowest BCUT2D eigenvalue weighted by Gasteiger charge is -2.13. The van der Waals surface area contributed by atoms with Crippen molar-refractivity contribution in [1.82, 2.24) is 15.3 Å². The molecule has 6 nitrogen and oxygen atoms in total. The molecule has 0 spiro atoms. The monoisotopic (exact) mass is 325 g/mol. The summed E-state index contributed by atoms with van der Waals surface area (Å²) in [5.41, 5.74) is 2.71. The number of ether oxygens (including phenoxy) is 1. The van der Waals surface area contributed by atoms with E-state index in [0.29, 0.717) is 13.0 Å². The third kappa shape index (κ3) is 5.29. The molecular formula is C15H23N3O3S. The lowest BCUT2D eigenvalue weighted by molar-refractivity contribution is -0.154. The maximum atomic E-state index is 11.8. The number of aryl methyl sites for hydroxylation is 2. The van der Waals surface area contributed by atoms with E-state index in [0.717, 1.165) is 22.1 Å². The lowest BCUT2D eigenvalue weighted by Crippen LogP contribution is -2.35. The van der Waals surface area contributed by atoms with Crippen LogP contribution in [0.4, 0.5) is 0 Å². The Balaban J connectivity index is 2.59. The molecule has 1 rings (SSSR count). The maximum absolute atomic E-state index is 11.8. The van der Waals surface area contributed by atoms with Crippen molar-refractivity contribution < 1.29 is 14.3 Å². The first-order chi connectivity index (χ1) is 10.4. The molecule has 1 amide bonds. The van der Waals surface area contributed by atoms with Crippen LogP contribution in [0.3, 0.4) is 0 Å². The topological polar surface area (TPSA) is 81.2 Å². The van der Waals surface area contributed by atoms with E-state index in [1.54, 1.807) is 6.92 Å². The van der Waals surface area contributed by atoms with Crippen molar-refractivity contribution >= 4 is 23.6 Å². The highest BCUT2D eigenvalue weighted by Gasteiger charge is 2.17. The third-order valence-corrected chi connectivity index (χ3v) is 3.74. The maximum Gasteiger partial charge on any atom is 0.306 e. The summed E-state index contributed by atoms with van der Waals surface area (Å²) in [5, 5.41) is 3.34. The Morgan fingerprint density at radius 3 is 2.36 bits per heavy atom. The second-order valence-corrected chi connectivity index (χ2v) is 5.66. The van der Waals surface area contributed by atoms with Crippen LogP contribution in [0.1, 0.15) is 37.2 Å². The zero-order valence-electron chi connectivity index (χ0n) is 13.7. The quantitative estimate of drug-likeness (QED) is 0.468. The van der Waals surface area contributed by atoms with Crippen molar-refractivity contribution in [1.29, 1.82) is 0 Å². The van der Waals surface area contributed by atoms with Crippen molar-refractivity contribution in [3.8, 4) is 0 Å². The molecule has 22 heavy (non-hydrogen) atoms. The number of amides is 1. The van der Waals surface area contributed by atoms with Crippen molar-refractivity contribution in [3.63, 3.8) is 0 Å². The second kappa shape index (κ2) is 8.73. The smallest absolute Gasteiger partial charge is 0.306 e. The van der Waals surface area contributed by atoms with Crippen molar-refractivity contribution in [3.05, 3.63) is 17.0 Å². The molecule has 1 aromatic rings. The number of rotatable bonds is 7. The Morgan fingerprint density at radius 2 is 1.86 bits per heavy atom. The Bertz CT molecular complexity index is 526. The van der Waals surface area contributed by atoms with Gasteiger partial charge in [-0.05, 0) is 45.9 Å². The molecule has 0 aliphatic heterocycles. The minimum Gasteiger partial charge on any atom is -0.453 e. The fourth-order valence-corrected chi connectivity index (χ4v) is 2.47. The molecule has 0 aliphatic rings. The molecular weight excluding hydrogens is 302 g/mol. The lowest BCUT2D eigenvalue weighted by atomic mass is 10.1. The van der Waals surface area contributed by atoms with Crippen LogP contribution < -0.4 is 5.32 Å². The Morgan fingerprint density at radius 1 is 1.27 bits per heavy atom. The van der Waals surface area contributed by atoms with Gasteiger partial charge < -0.3 is 10.1 Å². The molecule has 0 unspecified atom stereocenters. The number of nitrogens with one attached hydrogen (secondary N) is 1. The Kier molecular flexibility index (Phi) is 7.31. The molecule has 122 valence electrons. The Hall–Kier alpha value is -1.63. The van der Waals surface area contributed by atoms with Gasteiger partial charge in [-0.2, -0.15) is 0 Å². The van der Waals surface area contributed by atoms with Gasteiger partial charge in [0.15, 0.2) is 11.3 Å². The van der Waals surface area contributed by atoms with E-state index in [1.165, 1.54) is 11.8 Å². The summed E-state index contributed by atoms with van der Waals surface area (Å²) in [6.45, 7) is 7.71. The van der Waals surface area contributed by atoms with Crippen molar-refractivity contribution in [2.75, 3.05) is 12.8 Å². The van der Waals surface area contributed by atoms with Gasteiger partial charge in [-0.25, -0.2) is 9.97 Å². The van der Waals surface area contributed by atoms with Gasteiger partial charge in [-0.3, -0.25) is 9.59 Å². The van der Waals surface area contributed by atoms with Gasteiger partial charge in [0.1, 0.15) is 0 Å². The van der Waals surface area contributed by atoms with E-state index in [2.05, 4.69) is 15.3 Å². The average Bonchev–Trinajstić information content (AvgIpc) is 2.46. The van der Waals surface area contributed by atoms with Crippen LogP contribution in [0.2, 0.25) is 0 Å². The zero-order chi connectivity index (χ0) is 16.7. The summed E-state index contributed by atoms with van der Waals surface area (Å²) < 4.78 is 5.12. The van der Waals surface area contributed by atoms with Crippen LogP contribution in [0.25, 0.3) is 0 Å². The van der Waals surface area contributed by atoms with Crippen LogP contribution in [-0.2, 0) is 20.7 Å². The third-order valence-electron chi connectivity index (χ3n) is 3.19. The van der Waals surface area contributed by atoms with Crippen LogP contribution in [0.15, 0.2) is 5.16 Å². The van der Waals surface area contributed by atoms with Gasteiger partial charge in [0.25, 0.3) is 5.91 Å². The molecule has 0 saturated heterocycles. The summed E-state index contributed by atoms with van der Waals surface area (Å²) in [4.78, 5) is 32.1. The summed E-state index contributed by atoms with van der Waals surface area (Å²) in [7, 11) is 0. The van der Waals surface area contributed by atoms with Gasteiger partial charge in [-0.15, -0.1) is 0 Å². The highest BCUT2D eigenvalue weighted by Crippen LogP contribution is 2.17. The predicted octanol–water partition coefficient (Wildman–Crippen LogP) is 1.82. The van der Waals surface area contributed by atoms with Crippen LogP contribution in [0.5, 0.6) is 0 Å². The van der Waals surface area contributed by atoms with E-state index in [4.69, 9.17) is 4.74 Å². The van der Waals surface area contributed by atoms with Gasteiger partial charge in [0, 0.05) is 24.4 Å². The van der Waals surface area contributed by atoms with E-state index in [1.807, 2.05) is 27.0 Å². The SMILES string of the molecule is CCNC(=O)[C@H](C)OC(=O)CCc1c(C)nc(SC)nc1C. The molecule has 1 N–H and O–H groups in total. The van der Waals surface area contributed by atoms with Gasteiger partial charge in [0.05, 0.1) is 0 Å². The highest BCUT2D eigenvalue weighted by molar-refractivity contribution is 7.98. The average molecular weight is 325 g/mol. The minimum absolute atomic E-state index is 0.202. The molecule has 0 fully saturated rings. The summed E-state index contributed by atoms with van der Waals surface area (Å²) in [6.07, 6.45) is 1.86. The van der Waals surface area contributed by atoms with Gasteiger partial charge in [0.2, 0.25) is 0 Å². The van der Waals surface area contributed by atoms with E-state index < -0.39 is 12.1 Å². The summed E-state index contributed by atoms with van der Waals surface area (Å²) >= 11 is 1.49. The first kappa shape index (κ1) is 18.4. The zero-order valence-corrected chi connectivity index (χ0v) is 14.5. The van der Waals surface area contributed by atoms with E-state index in [9.17, 15) is 9.59 Å². The Labute approximate surface area is 135 Å². The van der Waals surface area contributed by atoms with Crippen LogP contribution in [0, 0.1) is 13.8 Å². The molecule has 0 bridgehead atoms. The van der Waals surface area contributed by atoms with Crippen LogP contribution in [-0.4, -0.2) is 40.7 Å². The number of carbonyl (C=O) groups excluding carboxylic acids is 2. The first-order valence-corrected chi connectivity index (χ1v) is 8.46. The number of thioether (sulfide) groups is 1. The van der Waals surface area contributed by atoms with Gasteiger partial charge >= 0.3 is 5.97 Å². The molecule has 0 radical (unpaired) electrons. The molecule has 1 atom stereocenters. The number of nitrogens with zero attached hydrogens (tertiary/aromatic N) is 2. The molecule has 0 aromatic carbocycles. The normalized spacial score (nSPS) is 11.9. The number of carbonyl (C=O) groups is 2. The number of esters is 1. The fourth-order valence-electron chi connectivity index (χ4n) is 2.02. The first-order valence-electron chi connectivity index (χ1n) is 7.24. The summed E-state index contributed by atoms with van der Waals surface area (Å²) in [5.74, 6) is -0.678. The molecule has 0 aliphatic carbocycles. The minimum atomic E-state index is -0.773. The van der Waals surface area contributed by atoms with Crippen molar-refractivity contribution in [2.24, 2.45) is 0 Å². The number of likely N-dealkylation sites (N-methyl/N-ethyl adjacent to an activating group) is 1. The molecule has 7 heteroatoms. The van der Waals surface area contributed by atoms with E-state index >= 15 is 0 Å². The standard InChI is InChI=1S/C15H23N3O3S/c1-6-16-14(20)11(4)21-13(19)8-7-12-9(2)17-15(22-5)18-10(12)3/h11H,6-8H2,1-5H3,(H,16,20)/t11-/m0/s1.